The molecule has 0 bridgehead atoms. The van der Waals surface area contributed by atoms with Gasteiger partial charge in [-0.2, -0.15) is 0 Å². The van der Waals surface area contributed by atoms with Crippen LogP contribution >= 0.6 is 15.9 Å². The summed E-state index contributed by atoms with van der Waals surface area (Å²) in [6.45, 7) is 2.30. The predicted molar refractivity (Wildman–Crippen MR) is 76.0 cm³/mol. The second-order valence-corrected chi connectivity index (χ2v) is 5.43. The van der Waals surface area contributed by atoms with E-state index < -0.39 is 0 Å². The van der Waals surface area contributed by atoms with E-state index in [-0.39, 0.29) is 0 Å². The zero-order chi connectivity index (χ0) is 12.8. The van der Waals surface area contributed by atoms with Crippen LogP contribution in [0.5, 0.6) is 5.75 Å². The van der Waals surface area contributed by atoms with Gasteiger partial charge in [0.15, 0.2) is 0 Å². The van der Waals surface area contributed by atoms with Gasteiger partial charge in [0.25, 0.3) is 0 Å². The number of benzene rings is 1. The van der Waals surface area contributed by atoms with Gasteiger partial charge in [-0.3, -0.25) is 0 Å². The number of hydrogen-bond acceptors (Lipinski definition) is 3. The normalized spacial score (nSPS) is 14.8. The number of rotatable bonds is 8. The van der Waals surface area contributed by atoms with Crippen LogP contribution in [0.4, 0.5) is 0 Å². The fraction of sp³-hybridized carbons (Fsp3) is 0.571. The lowest BCUT2D eigenvalue weighted by atomic mass is 10.2. The van der Waals surface area contributed by atoms with E-state index in [9.17, 15) is 0 Å². The summed E-state index contributed by atoms with van der Waals surface area (Å²) in [5, 5.41) is 3.52. The molecule has 0 radical (unpaired) electrons. The molecular formula is C14H20BrNO2. The van der Waals surface area contributed by atoms with Crippen LogP contribution in [0.15, 0.2) is 22.7 Å². The van der Waals surface area contributed by atoms with Gasteiger partial charge in [-0.1, -0.05) is 12.1 Å². The van der Waals surface area contributed by atoms with Crippen LogP contribution in [0.3, 0.4) is 0 Å². The quantitative estimate of drug-likeness (QED) is 0.748. The summed E-state index contributed by atoms with van der Waals surface area (Å²) in [4.78, 5) is 0. The molecule has 1 aliphatic rings. The van der Waals surface area contributed by atoms with Crippen molar-refractivity contribution >= 4 is 15.9 Å². The Hall–Kier alpha value is -0.580. The van der Waals surface area contributed by atoms with E-state index in [4.69, 9.17) is 9.47 Å². The molecule has 1 aromatic carbocycles. The van der Waals surface area contributed by atoms with Crippen molar-refractivity contribution in [1.82, 2.24) is 5.32 Å². The third-order valence-electron chi connectivity index (χ3n) is 2.95. The van der Waals surface area contributed by atoms with E-state index in [1.165, 1.54) is 18.4 Å². The molecule has 0 spiro atoms. The first kappa shape index (κ1) is 13.8. The van der Waals surface area contributed by atoms with E-state index in [2.05, 4.69) is 33.4 Å². The molecule has 1 fully saturated rings. The highest BCUT2D eigenvalue weighted by atomic mass is 79.9. The van der Waals surface area contributed by atoms with Gasteiger partial charge in [0.2, 0.25) is 0 Å². The Bertz CT molecular complexity index is 380. The van der Waals surface area contributed by atoms with E-state index in [0.29, 0.717) is 12.6 Å². The Balaban J connectivity index is 1.91. The van der Waals surface area contributed by atoms with Crippen molar-refractivity contribution in [2.45, 2.75) is 31.8 Å². The number of hydrogen-bond donors (Lipinski definition) is 1. The van der Waals surface area contributed by atoms with Gasteiger partial charge in [0, 0.05) is 38.3 Å². The summed E-state index contributed by atoms with van der Waals surface area (Å²) >= 11 is 3.55. The van der Waals surface area contributed by atoms with Crippen LogP contribution in [0, 0.1) is 0 Å². The molecule has 1 N–H and O–H groups in total. The number of halogens is 1. The zero-order valence-electron chi connectivity index (χ0n) is 10.7. The van der Waals surface area contributed by atoms with Gasteiger partial charge < -0.3 is 14.8 Å². The largest absolute Gasteiger partial charge is 0.492 e. The maximum absolute atomic E-state index is 5.86. The van der Waals surface area contributed by atoms with Crippen LogP contribution in [-0.2, 0) is 11.3 Å². The van der Waals surface area contributed by atoms with Crippen LogP contribution in [0.2, 0.25) is 0 Å². The van der Waals surface area contributed by atoms with Gasteiger partial charge in [0.05, 0.1) is 11.1 Å². The van der Waals surface area contributed by atoms with E-state index in [1.54, 1.807) is 7.11 Å². The molecule has 1 saturated carbocycles. The summed E-state index contributed by atoms with van der Waals surface area (Å²) in [7, 11) is 1.71. The first-order valence-corrected chi connectivity index (χ1v) is 7.23. The standard InChI is InChI=1S/C14H20BrNO2/c1-17-8-3-9-18-14-11(4-2-5-13(14)15)10-16-12-6-7-12/h2,4-5,12,16H,3,6-10H2,1H3. The van der Waals surface area contributed by atoms with Crippen molar-refractivity contribution in [2.24, 2.45) is 0 Å². The van der Waals surface area contributed by atoms with Crippen molar-refractivity contribution in [1.29, 1.82) is 0 Å². The molecule has 1 aliphatic carbocycles. The van der Waals surface area contributed by atoms with Gasteiger partial charge in [0.1, 0.15) is 5.75 Å². The highest BCUT2D eigenvalue weighted by molar-refractivity contribution is 9.10. The van der Waals surface area contributed by atoms with Gasteiger partial charge in [-0.15, -0.1) is 0 Å². The SMILES string of the molecule is COCCCOc1c(Br)cccc1CNC1CC1. The Kier molecular flexibility index (Phi) is 5.47. The molecule has 1 aromatic rings. The third kappa shape index (κ3) is 4.26. The first-order chi connectivity index (χ1) is 8.81. The highest BCUT2D eigenvalue weighted by Crippen LogP contribution is 2.30. The van der Waals surface area contributed by atoms with Crippen LogP contribution in [0.1, 0.15) is 24.8 Å². The summed E-state index contributed by atoms with van der Waals surface area (Å²) in [6.07, 6.45) is 3.52. The lowest BCUT2D eigenvalue weighted by Gasteiger charge is -2.13. The second-order valence-electron chi connectivity index (χ2n) is 4.58. The number of ether oxygens (including phenoxy) is 2. The predicted octanol–water partition coefficient (Wildman–Crippen LogP) is 3.12. The smallest absolute Gasteiger partial charge is 0.137 e. The maximum Gasteiger partial charge on any atom is 0.137 e. The first-order valence-electron chi connectivity index (χ1n) is 6.44. The van der Waals surface area contributed by atoms with Crippen molar-refractivity contribution in [3.8, 4) is 5.75 Å². The molecular weight excluding hydrogens is 294 g/mol. The summed E-state index contributed by atoms with van der Waals surface area (Å²) in [5.41, 5.74) is 1.22. The van der Waals surface area contributed by atoms with Crippen molar-refractivity contribution < 1.29 is 9.47 Å². The minimum Gasteiger partial charge on any atom is -0.492 e. The minimum atomic E-state index is 0.687. The average molecular weight is 314 g/mol. The van der Waals surface area contributed by atoms with E-state index in [0.717, 1.165) is 29.8 Å². The Morgan fingerprint density at radius 3 is 2.89 bits per heavy atom. The minimum absolute atomic E-state index is 0.687. The summed E-state index contributed by atoms with van der Waals surface area (Å²) in [6, 6.07) is 6.90. The fourth-order valence-corrected chi connectivity index (χ4v) is 2.30. The molecule has 100 valence electrons. The van der Waals surface area contributed by atoms with Crippen LogP contribution in [-0.4, -0.2) is 26.4 Å². The lowest BCUT2D eigenvalue weighted by Crippen LogP contribution is -2.16. The molecule has 4 heteroatoms. The number of methoxy groups -OCH3 is 1. The third-order valence-corrected chi connectivity index (χ3v) is 3.57. The van der Waals surface area contributed by atoms with E-state index in [1.807, 2.05) is 6.07 Å². The van der Waals surface area contributed by atoms with Crippen LogP contribution in [0.25, 0.3) is 0 Å². The van der Waals surface area contributed by atoms with Gasteiger partial charge in [-0.25, -0.2) is 0 Å². The zero-order valence-corrected chi connectivity index (χ0v) is 12.3. The van der Waals surface area contributed by atoms with Crippen LogP contribution < -0.4 is 10.1 Å². The second kappa shape index (κ2) is 7.12. The van der Waals surface area contributed by atoms with Crippen molar-refractivity contribution in [2.75, 3.05) is 20.3 Å². The molecule has 0 atom stereocenters. The highest BCUT2D eigenvalue weighted by Gasteiger charge is 2.20. The molecule has 3 nitrogen and oxygen atoms in total. The Morgan fingerprint density at radius 2 is 2.17 bits per heavy atom. The average Bonchev–Trinajstić information content (AvgIpc) is 3.18. The monoisotopic (exact) mass is 313 g/mol. The molecule has 0 saturated heterocycles. The lowest BCUT2D eigenvalue weighted by molar-refractivity contribution is 0.171. The summed E-state index contributed by atoms with van der Waals surface area (Å²) in [5.74, 6) is 0.960. The maximum atomic E-state index is 5.86. The van der Waals surface area contributed by atoms with E-state index >= 15 is 0 Å². The Morgan fingerprint density at radius 1 is 1.33 bits per heavy atom. The van der Waals surface area contributed by atoms with Gasteiger partial charge in [-0.05, 0) is 34.8 Å². The molecule has 18 heavy (non-hydrogen) atoms. The number of para-hydroxylation sites is 1. The molecule has 0 aromatic heterocycles. The summed E-state index contributed by atoms with van der Waals surface area (Å²) < 4.78 is 11.9. The fourth-order valence-electron chi connectivity index (χ4n) is 1.77. The molecule has 0 amide bonds. The topological polar surface area (TPSA) is 30.5 Å². The number of nitrogens with one attached hydrogen (secondary N) is 1. The molecule has 2 rings (SSSR count). The van der Waals surface area contributed by atoms with Gasteiger partial charge >= 0.3 is 0 Å². The Labute approximate surface area is 117 Å². The van der Waals surface area contributed by atoms with Crippen molar-refractivity contribution in [3.05, 3.63) is 28.2 Å². The molecule has 0 aliphatic heterocycles. The molecule has 0 unspecified atom stereocenters. The molecule has 0 heterocycles. The van der Waals surface area contributed by atoms with Crippen molar-refractivity contribution in [3.63, 3.8) is 0 Å².